The number of hydrogen-bond acceptors (Lipinski definition) is 5. The van der Waals surface area contributed by atoms with Crippen molar-refractivity contribution in [3.8, 4) is 11.8 Å². The number of ether oxygens (including phenoxy) is 2. The molecule has 0 atom stereocenters. The molecule has 1 amide bonds. The minimum atomic E-state index is -0.564. The highest BCUT2D eigenvalue weighted by Crippen LogP contribution is 2.23. The van der Waals surface area contributed by atoms with Crippen molar-refractivity contribution in [2.24, 2.45) is 0 Å². The zero-order valence-corrected chi connectivity index (χ0v) is 16.9. The second-order valence-corrected chi connectivity index (χ2v) is 6.50. The summed E-state index contributed by atoms with van der Waals surface area (Å²) < 4.78 is 10.5. The molecule has 3 aromatic carbocycles. The molecular weight excluding hydrogens is 392 g/mol. The predicted molar refractivity (Wildman–Crippen MR) is 117 cm³/mol. The lowest BCUT2D eigenvalue weighted by atomic mass is 10.1. The highest BCUT2D eigenvalue weighted by atomic mass is 16.5. The van der Waals surface area contributed by atoms with Crippen LogP contribution in [0, 0.1) is 11.3 Å². The maximum Gasteiger partial charge on any atom is 0.337 e. The number of anilines is 1. The van der Waals surface area contributed by atoms with Crippen LogP contribution >= 0.6 is 0 Å². The Morgan fingerprint density at radius 1 is 0.968 bits per heavy atom. The molecule has 0 aliphatic rings. The number of esters is 1. The average molecular weight is 412 g/mol. The van der Waals surface area contributed by atoms with Crippen LogP contribution in [0.2, 0.25) is 0 Å². The number of carbonyl (C=O) groups is 2. The van der Waals surface area contributed by atoms with E-state index in [0.29, 0.717) is 29.2 Å². The number of nitrogens with one attached hydrogen (secondary N) is 1. The largest absolute Gasteiger partial charge is 0.488 e. The summed E-state index contributed by atoms with van der Waals surface area (Å²) in [6.45, 7) is 0.367. The van der Waals surface area contributed by atoms with E-state index in [1.165, 1.54) is 25.3 Å². The molecule has 0 unspecified atom stereocenters. The Balaban J connectivity index is 1.74. The van der Waals surface area contributed by atoms with Crippen LogP contribution in [0.25, 0.3) is 6.08 Å². The Morgan fingerprint density at radius 3 is 2.32 bits per heavy atom. The van der Waals surface area contributed by atoms with Crippen LogP contribution in [0.1, 0.15) is 21.5 Å². The van der Waals surface area contributed by atoms with Crippen molar-refractivity contribution in [1.82, 2.24) is 0 Å². The zero-order valence-electron chi connectivity index (χ0n) is 16.9. The molecule has 0 aliphatic carbocycles. The van der Waals surface area contributed by atoms with Crippen molar-refractivity contribution < 1.29 is 19.1 Å². The summed E-state index contributed by atoms with van der Waals surface area (Å²) in [6, 6.07) is 25.0. The summed E-state index contributed by atoms with van der Waals surface area (Å²) in [4.78, 5) is 24.1. The average Bonchev–Trinajstić information content (AvgIpc) is 2.82. The van der Waals surface area contributed by atoms with Crippen LogP contribution in [0.15, 0.2) is 84.4 Å². The second kappa shape index (κ2) is 10.4. The first kappa shape index (κ1) is 21.3. The molecule has 0 bridgehead atoms. The van der Waals surface area contributed by atoms with E-state index in [1.54, 1.807) is 30.3 Å². The smallest absolute Gasteiger partial charge is 0.337 e. The van der Waals surface area contributed by atoms with E-state index in [1.807, 2.05) is 42.5 Å². The number of carbonyl (C=O) groups excluding carboxylic acids is 2. The lowest BCUT2D eigenvalue weighted by Crippen LogP contribution is -2.13. The fraction of sp³-hybridized carbons (Fsp3) is 0.0800. The number of nitriles is 1. The van der Waals surface area contributed by atoms with Gasteiger partial charge in [0.1, 0.15) is 24.0 Å². The summed E-state index contributed by atoms with van der Waals surface area (Å²) in [7, 11) is 1.30. The lowest BCUT2D eigenvalue weighted by Gasteiger charge is -2.10. The lowest BCUT2D eigenvalue weighted by molar-refractivity contribution is -0.112. The van der Waals surface area contributed by atoms with Gasteiger partial charge in [0, 0.05) is 11.3 Å². The van der Waals surface area contributed by atoms with Gasteiger partial charge in [0.25, 0.3) is 5.91 Å². The van der Waals surface area contributed by atoms with Gasteiger partial charge in [-0.2, -0.15) is 5.26 Å². The van der Waals surface area contributed by atoms with E-state index in [9.17, 15) is 14.9 Å². The third-order valence-electron chi connectivity index (χ3n) is 4.38. The molecule has 0 aromatic heterocycles. The van der Waals surface area contributed by atoms with Gasteiger partial charge in [0.05, 0.1) is 12.7 Å². The first-order chi connectivity index (χ1) is 15.1. The molecule has 3 aromatic rings. The van der Waals surface area contributed by atoms with Gasteiger partial charge in [-0.3, -0.25) is 4.79 Å². The number of methoxy groups -OCH3 is 1. The molecule has 3 rings (SSSR count). The van der Waals surface area contributed by atoms with Crippen LogP contribution in [0.3, 0.4) is 0 Å². The van der Waals surface area contributed by atoms with Gasteiger partial charge in [0.2, 0.25) is 0 Å². The summed E-state index contributed by atoms with van der Waals surface area (Å²) in [5, 5.41) is 12.2. The fourth-order valence-electron chi connectivity index (χ4n) is 2.78. The third kappa shape index (κ3) is 5.81. The Bertz CT molecular complexity index is 1130. The molecule has 0 spiro atoms. The van der Waals surface area contributed by atoms with Crippen molar-refractivity contribution in [2.75, 3.05) is 12.4 Å². The van der Waals surface area contributed by atoms with Crippen molar-refractivity contribution in [3.63, 3.8) is 0 Å². The summed E-state index contributed by atoms with van der Waals surface area (Å²) in [5.41, 5.74) is 2.36. The number of rotatable bonds is 7. The Kier molecular flexibility index (Phi) is 7.17. The van der Waals surface area contributed by atoms with Crippen LogP contribution in [0.4, 0.5) is 5.69 Å². The molecule has 1 N–H and O–H groups in total. The predicted octanol–water partition coefficient (Wildman–Crippen LogP) is 4.60. The zero-order chi connectivity index (χ0) is 22.1. The third-order valence-corrected chi connectivity index (χ3v) is 4.38. The van der Waals surface area contributed by atoms with Gasteiger partial charge in [0.15, 0.2) is 0 Å². The molecule has 0 radical (unpaired) electrons. The van der Waals surface area contributed by atoms with E-state index in [2.05, 4.69) is 10.1 Å². The number of benzene rings is 3. The molecule has 154 valence electrons. The first-order valence-electron chi connectivity index (χ1n) is 9.48. The molecule has 6 nitrogen and oxygen atoms in total. The fourth-order valence-corrected chi connectivity index (χ4v) is 2.78. The minimum absolute atomic E-state index is 0.0761. The van der Waals surface area contributed by atoms with Gasteiger partial charge in [-0.15, -0.1) is 0 Å². The van der Waals surface area contributed by atoms with Gasteiger partial charge in [-0.05, 0) is 42.0 Å². The topological polar surface area (TPSA) is 88.4 Å². The normalized spacial score (nSPS) is 10.6. The molecule has 0 saturated carbocycles. The van der Waals surface area contributed by atoms with E-state index in [0.717, 1.165) is 5.56 Å². The van der Waals surface area contributed by atoms with Crippen molar-refractivity contribution in [3.05, 3.63) is 101 Å². The molecule has 0 heterocycles. The summed E-state index contributed by atoms with van der Waals surface area (Å²) in [6.07, 6.45) is 1.48. The first-order valence-corrected chi connectivity index (χ1v) is 9.48. The highest BCUT2D eigenvalue weighted by molar-refractivity contribution is 6.10. The van der Waals surface area contributed by atoms with E-state index in [-0.39, 0.29) is 5.57 Å². The van der Waals surface area contributed by atoms with Crippen LogP contribution < -0.4 is 10.1 Å². The van der Waals surface area contributed by atoms with Gasteiger partial charge in [-0.25, -0.2) is 4.79 Å². The minimum Gasteiger partial charge on any atom is -0.488 e. The molecule has 0 saturated heterocycles. The van der Waals surface area contributed by atoms with Crippen LogP contribution in [0.5, 0.6) is 5.75 Å². The number of amides is 1. The van der Waals surface area contributed by atoms with E-state index < -0.39 is 11.9 Å². The highest BCUT2D eigenvalue weighted by Gasteiger charge is 2.12. The summed E-state index contributed by atoms with van der Waals surface area (Å²) in [5.74, 6) is -0.469. The van der Waals surface area contributed by atoms with Crippen molar-refractivity contribution in [2.45, 2.75) is 6.61 Å². The SMILES string of the molecule is COC(=O)c1ccc(NC(=O)/C(C#N)=C/c2ccccc2OCc2ccccc2)cc1. The van der Waals surface area contributed by atoms with E-state index >= 15 is 0 Å². The maximum atomic E-state index is 12.6. The maximum absolute atomic E-state index is 12.6. The number of hydrogen-bond donors (Lipinski definition) is 1. The van der Waals surface area contributed by atoms with E-state index in [4.69, 9.17) is 4.74 Å². The van der Waals surface area contributed by atoms with Gasteiger partial charge < -0.3 is 14.8 Å². The van der Waals surface area contributed by atoms with Crippen LogP contribution in [-0.2, 0) is 16.1 Å². The monoisotopic (exact) mass is 412 g/mol. The number of nitrogens with zero attached hydrogens (tertiary/aromatic N) is 1. The molecule has 0 fully saturated rings. The Hall–Kier alpha value is -4.37. The standard InChI is InChI=1S/C25H20N2O4/c1-30-25(29)19-11-13-22(14-12-19)27-24(28)21(16-26)15-20-9-5-6-10-23(20)31-17-18-7-3-2-4-8-18/h2-15H,17H2,1H3,(H,27,28)/b21-15+. The molecular formula is C25H20N2O4. The molecule has 6 heteroatoms. The quantitative estimate of drug-likeness (QED) is 0.348. The van der Waals surface area contributed by atoms with Crippen molar-refractivity contribution in [1.29, 1.82) is 5.26 Å². The molecule has 0 aliphatic heterocycles. The Labute approximate surface area is 180 Å². The van der Waals surface area contributed by atoms with Gasteiger partial charge >= 0.3 is 5.97 Å². The summed E-state index contributed by atoms with van der Waals surface area (Å²) >= 11 is 0. The number of para-hydroxylation sites is 1. The van der Waals surface area contributed by atoms with Gasteiger partial charge in [-0.1, -0.05) is 48.5 Å². The second-order valence-electron chi connectivity index (χ2n) is 6.50. The molecule has 31 heavy (non-hydrogen) atoms. The Morgan fingerprint density at radius 2 is 1.65 bits per heavy atom. The van der Waals surface area contributed by atoms with Crippen LogP contribution in [-0.4, -0.2) is 19.0 Å². The van der Waals surface area contributed by atoms with Crippen molar-refractivity contribution >= 4 is 23.6 Å².